The zero-order chi connectivity index (χ0) is 11.6. The SMILES string of the molecule is Cc1ccc(CC(=O)C(F)(F)F)cc1Br. The summed E-state index contributed by atoms with van der Waals surface area (Å²) >= 11 is 3.19. The molecule has 0 heterocycles. The summed E-state index contributed by atoms with van der Waals surface area (Å²) in [6.45, 7) is 1.82. The second-order valence-corrected chi connectivity index (χ2v) is 4.04. The largest absolute Gasteiger partial charge is 0.450 e. The number of benzene rings is 1. The van der Waals surface area contributed by atoms with Crippen LogP contribution in [0.15, 0.2) is 22.7 Å². The summed E-state index contributed by atoms with van der Waals surface area (Å²) in [6.07, 6.45) is -5.36. The average molecular weight is 281 g/mol. The van der Waals surface area contributed by atoms with Crippen molar-refractivity contribution in [2.45, 2.75) is 19.5 Å². The van der Waals surface area contributed by atoms with E-state index in [1.54, 1.807) is 6.07 Å². The Morgan fingerprint density at radius 1 is 1.40 bits per heavy atom. The highest BCUT2D eigenvalue weighted by Gasteiger charge is 2.37. The van der Waals surface area contributed by atoms with Gasteiger partial charge in [0.2, 0.25) is 5.78 Å². The van der Waals surface area contributed by atoms with E-state index >= 15 is 0 Å². The highest BCUT2D eigenvalue weighted by molar-refractivity contribution is 9.10. The Hall–Kier alpha value is -0.840. The van der Waals surface area contributed by atoms with Crippen LogP contribution >= 0.6 is 15.9 Å². The van der Waals surface area contributed by atoms with Gasteiger partial charge in [-0.1, -0.05) is 28.1 Å². The lowest BCUT2D eigenvalue weighted by Gasteiger charge is -2.06. The first kappa shape index (κ1) is 12.2. The molecule has 0 saturated carbocycles. The number of alkyl halides is 3. The maximum Gasteiger partial charge on any atom is 0.450 e. The van der Waals surface area contributed by atoms with Gasteiger partial charge in [-0.3, -0.25) is 4.79 Å². The summed E-state index contributed by atoms with van der Waals surface area (Å²) in [4.78, 5) is 10.7. The molecule has 1 aromatic carbocycles. The van der Waals surface area contributed by atoms with Crippen molar-refractivity contribution < 1.29 is 18.0 Å². The lowest BCUT2D eigenvalue weighted by molar-refractivity contribution is -0.170. The number of halogens is 4. The Balaban J connectivity index is 2.83. The number of rotatable bonds is 2. The van der Waals surface area contributed by atoms with Gasteiger partial charge in [0.25, 0.3) is 0 Å². The number of hydrogen-bond donors (Lipinski definition) is 0. The van der Waals surface area contributed by atoms with Gasteiger partial charge in [0.05, 0.1) is 0 Å². The standard InChI is InChI=1S/C10H8BrF3O/c1-6-2-3-7(4-8(6)11)5-9(15)10(12,13)14/h2-4H,5H2,1H3. The van der Waals surface area contributed by atoms with E-state index in [0.717, 1.165) is 5.56 Å². The van der Waals surface area contributed by atoms with Gasteiger partial charge >= 0.3 is 6.18 Å². The van der Waals surface area contributed by atoms with Crippen LogP contribution in [-0.4, -0.2) is 12.0 Å². The second-order valence-electron chi connectivity index (χ2n) is 3.18. The van der Waals surface area contributed by atoms with Crippen LogP contribution in [-0.2, 0) is 11.2 Å². The van der Waals surface area contributed by atoms with Crippen molar-refractivity contribution in [2.75, 3.05) is 0 Å². The fourth-order valence-corrected chi connectivity index (χ4v) is 1.46. The molecule has 82 valence electrons. The number of hydrogen-bond acceptors (Lipinski definition) is 1. The van der Waals surface area contributed by atoms with E-state index < -0.39 is 18.4 Å². The van der Waals surface area contributed by atoms with Crippen molar-refractivity contribution in [3.05, 3.63) is 33.8 Å². The highest BCUT2D eigenvalue weighted by Crippen LogP contribution is 2.22. The molecule has 0 spiro atoms. The van der Waals surface area contributed by atoms with E-state index in [1.165, 1.54) is 12.1 Å². The van der Waals surface area contributed by atoms with Crippen LogP contribution in [0.1, 0.15) is 11.1 Å². The molecular formula is C10H8BrF3O. The molecule has 0 aliphatic rings. The van der Waals surface area contributed by atoms with Crippen LogP contribution in [0.5, 0.6) is 0 Å². The number of carbonyl (C=O) groups is 1. The third-order valence-corrected chi connectivity index (χ3v) is 2.77. The molecule has 0 bridgehead atoms. The van der Waals surface area contributed by atoms with E-state index in [9.17, 15) is 18.0 Å². The maximum absolute atomic E-state index is 12.0. The first-order chi connectivity index (χ1) is 6.80. The van der Waals surface area contributed by atoms with Gasteiger partial charge < -0.3 is 0 Å². The van der Waals surface area contributed by atoms with Gasteiger partial charge in [-0.05, 0) is 24.1 Å². The van der Waals surface area contributed by atoms with Gasteiger partial charge in [-0.15, -0.1) is 0 Å². The Labute approximate surface area is 93.4 Å². The van der Waals surface area contributed by atoms with Crippen molar-refractivity contribution in [3.63, 3.8) is 0 Å². The lowest BCUT2D eigenvalue weighted by atomic mass is 10.1. The molecule has 0 fully saturated rings. The predicted octanol–water partition coefficient (Wildman–Crippen LogP) is 3.43. The fourth-order valence-electron chi connectivity index (χ4n) is 1.03. The van der Waals surface area contributed by atoms with Crippen LogP contribution in [0.4, 0.5) is 13.2 Å². The third-order valence-electron chi connectivity index (χ3n) is 1.92. The first-order valence-electron chi connectivity index (χ1n) is 4.16. The van der Waals surface area contributed by atoms with E-state index in [-0.39, 0.29) is 0 Å². The summed E-state index contributed by atoms with van der Waals surface area (Å²) in [7, 11) is 0. The predicted molar refractivity (Wildman–Crippen MR) is 53.6 cm³/mol. The summed E-state index contributed by atoms with van der Waals surface area (Å²) in [5.41, 5.74) is 1.27. The summed E-state index contributed by atoms with van der Waals surface area (Å²) in [5.74, 6) is -1.72. The fraction of sp³-hybridized carbons (Fsp3) is 0.300. The van der Waals surface area contributed by atoms with Crippen molar-refractivity contribution >= 4 is 21.7 Å². The summed E-state index contributed by atoms with van der Waals surface area (Å²) < 4.78 is 36.6. The molecule has 0 radical (unpaired) electrons. The minimum absolute atomic E-state index is 0.356. The van der Waals surface area contributed by atoms with Crippen LogP contribution in [0.3, 0.4) is 0 Å². The maximum atomic E-state index is 12.0. The van der Waals surface area contributed by atoms with Crippen LogP contribution in [0.25, 0.3) is 0 Å². The molecule has 1 aromatic rings. The van der Waals surface area contributed by atoms with Crippen molar-refractivity contribution in [1.82, 2.24) is 0 Å². The Kier molecular flexibility index (Phi) is 3.54. The van der Waals surface area contributed by atoms with E-state index in [2.05, 4.69) is 15.9 Å². The molecule has 5 heteroatoms. The van der Waals surface area contributed by atoms with Gasteiger partial charge in [0.1, 0.15) is 0 Å². The van der Waals surface area contributed by atoms with Crippen molar-refractivity contribution in [3.8, 4) is 0 Å². The van der Waals surface area contributed by atoms with E-state index in [0.29, 0.717) is 10.0 Å². The number of carbonyl (C=O) groups excluding carboxylic acids is 1. The van der Waals surface area contributed by atoms with Crippen LogP contribution < -0.4 is 0 Å². The van der Waals surface area contributed by atoms with Gasteiger partial charge in [-0.2, -0.15) is 13.2 Å². The minimum atomic E-state index is -4.75. The third kappa shape index (κ3) is 3.34. The normalized spacial score (nSPS) is 11.5. The molecule has 0 aliphatic heterocycles. The van der Waals surface area contributed by atoms with Crippen LogP contribution in [0, 0.1) is 6.92 Å². The first-order valence-corrected chi connectivity index (χ1v) is 4.95. The number of Topliss-reactive ketones (excluding diaryl/α,β-unsaturated/α-hetero) is 1. The number of ketones is 1. The summed E-state index contributed by atoms with van der Waals surface area (Å²) in [6, 6.07) is 4.71. The van der Waals surface area contributed by atoms with E-state index in [4.69, 9.17) is 0 Å². The quantitative estimate of drug-likeness (QED) is 0.811. The molecule has 0 N–H and O–H groups in total. The monoisotopic (exact) mass is 280 g/mol. The topological polar surface area (TPSA) is 17.1 Å². The zero-order valence-corrected chi connectivity index (χ0v) is 9.45. The Morgan fingerprint density at radius 2 is 2.00 bits per heavy atom. The second kappa shape index (κ2) is 4.35. The minimum Gasteiger partial charge on any atom is -0.289 e. The molecule has 1 rings (SSSR count). The Bertz CT molecular complexity index is 385. The van der Waals surface area contributed by atoms with Gasteiger partial charge in [0.15, 0.2) is 0 Å². The smallest absolute Gasteiger partial charge is 0.289 e. The molecule has 0 amide bonds. The molecule has 0 atom stereocenters. The molecule has 0 saturated heterocycles. The molecular weight excluding hydrogens is 273 g/mol. The molecule has 0 aromatic heterocycles. The Morgan fingerprint density at radius 3 is 2.47 bits per heavy atom. The molecule has 0 aliphatic carbocycles. The summed E-state index contributed by atoms with van der Waals surface area (Å²) in [5, 5.41) is 0. The van der Waals surface area contributed by atoms with Gasteiger partial charge in [0, 0.05) is 10.9 Å². The lowest BCUT2D eigenvalue weighted by Crippen LogP contribution is -2.24. The average Bonchev–Trinajstić information content (AvgIpc) is 2.10. The molecule has 15 heavy (non-hydrogen) atoms. The highest BCUT2D eigenvalue weighted by atomic mass is 79.9. The van der Waals surface area contributed by atoms with Crippen molar-refractivity contribution in [1.29, 1.82) is 0 Å². The van der Waals surface area contributed by atoms with E-state index in [1.807, 2.05) is 6.92 Å². The zero-order valence-electron chi connectivity index (χ0n) is 7.86. The molecule has 1 nitrogen and oxygen atoms in total. The number of aryl methyl sites for hydroxylation is 1. The van der Waals surface area contributed by atoms with Crippen molar-refractivity contribution in [2.24, 2.45) is 0 Å². The molecule has 0 unspecified atom stereocenters. The van der Waals surface area contributed by atoms with Crippen LogP contribution in [0.2, 0.25) is 0 Å². The van der Waals surface area contributed by atoms with Gasteiger partial charge in [-0.25, -0.2) is 0 Å².